The predicted octanol–water partition coefficient (Wildman–Crippen LogP) is 1.81. The van der Waals surface area contributed by atoms with E-state index in [0.717, 1.165) is 12.1 Å². The molecule has 1 aromatic heterocycles. The van der Waals surface area contributed by atoms with Crippen LogP contribution in [0.2, 0.25) is 0 Å². The van der Waals surface area contributed by atoms with E-state index >= 15 is 0 Å². The minimum Gasteiger partial charge on any atom is -0.348 e. The molecule has 0 aromatic carbocycles. The summed E-state index contributed by atoms with van der Waals surface area (Å²) in [6.45, 7) is 3.78. The minimum atomic E-state index is -0.146. The maximum Gasteiger partial charge on any atom is 0.251 e. The molecule has 1 unspecified atom stereocenters. The first-order chi connectivity index (χ1) is 7.67. The number of carbonyl (C=O) groups is 1. The van der Waals surface area contributed by atoms with Crippen molar-refractivity contribution in [2.75, 3.05) is 0 Å². The Morgan fingerprint density at radius 3 is 3.00 bits per heavy atom. The second kappa shape index (κ2) is 5.86. The highest BCUT2D eigenvalue weighted by atomic mass is 16.1. The Bertz CT molecular complexity index is 409. The zero-order chi connectivity index (χ0) is 12.0. The van der Waals surface area contributed by atoms with E-state index in [1.54, 1.807) is 18.3 Å². The summed E-state index contributed by atoms with van der Waals surface area (Å²) in [5, 5.41) is 11.4. The zero-order valence-corrected chi connectivity index (χ0v) is 9.53. The number of aromatic nitrogens is 1. The molecular weight excluding hydrogens is 202 g/mol. The van der Waals surface area contributed by atoms with Gasteiger partial charge in [-0.2, -0.15) is 5.26 Å². The number of rotatable bonds is 4. The van der Waals surface area contributed by atoms with E-state index < -0.39 is 0 Å². The van der Waals surface area contributed by atoms with E-state index in [-0.39, 0.29) is 11.9 Å². The van der Waals surface area contributed by atoms with Crippen molar-refractivity contribution >= 4 is 5.91 Å². The van der Waals surface area contributed by atoms with Gasteiger partial charge in [0.1, 0.15) is 0 Å². The largest absolute Gasteiger partial charge is 0.348 e. The van der Waals surface area contributed by atoms with E-state index in [4.69, 9.17) is 5.26 Å². The van der Waals surface area contributed by atoms with Crippen LogP contribution in [-0.2, 0) is 0 Å². The number of nitrogens with zero attached hydrogens (tertiary/aromatic N) is 2. The van der Waals surface area contributed by atoms with Crippen LogP contribution >= 0.6 is 0 Å². The van der Waals surface area contributed by atoms with Crippen LogP contribution in [0.3, 0.4) is 0 Å². The lowest BCUT2D eigenvalue weighted by atomic mass is 10.1. The number of aryl methyl sites for hydroxylation is 1. The summed E-state index contributed by atoms with van der Waals surface area (Å²) in [6.07, 6.45) is 2.70. The molecule has 1 aromatic rings. The first-order valence-electron chi connectivity index (χ1n) is 5.27. The van der Waals surface area contributed by atoms with Crippen LogP contribution < -0.4 is 5.32 Å². The summed E-state index contributed by atoms with van der Waals surface area (Å²) in [5.74, 6) is -0.146. The molecule has 1 atom stereocenters. The fourth-order valence-corrected chi connectivity index (χ4v) is 1.36. The highest BCUT2D eigenvalue weighted by molar-refractivity contribution is 5.94. The number of amides is 1. The van der Waals surface area contributed by atoms with Crippen molar-refractivity contribution in [2.45, 2.75) is 32.7 Å². The van der Waals surface area contributed by atoms with E-state index in [9.17, 15) is 4.79 Å². The summed E-state index contributed by atoms with van der Waals surface area (Å²) in [4.78, 5) is 15.8. The second-order valence-corrected chi connectivity index (χ2v) is 3.63. The molecule has 4 heteroatoms. The van der Waals surface area contributed by atoms with Crippen molar-refractivity contribution in [2.24, 2.45) is 0 Å². The third kappa shape index (κ3) is 3.35. The molecule has 84 valence electrons. The third-order valence-corrected chi connectivity index (χ3v) is 2.32. The highest BCUT2D eigenvalue weighted by Crippen LogP contribution is 2.03. The van der Waals surface area contributed by atoms with Crippen LogP contribution in [0.5, 0.6) is 0 Å². The summed E-state index contributed by atoms with van der Waals surface area (Å²) in [7, 11) is 0. The Labute approximate surface area is 95.3 Å². The Kier molecular flexibility index (Phi) is 4.46. The standard InChI is InChI=1S/C12H15N3O/c1-3-11(4-6-13)15-12(16)10-5-7-14-9(2)8-10/h5,7-8,11H,3-4H2,1-2H3,(H,15,16). The Morgan fingerprint density at radius 1 is 1.69 bits per heavy atom. The average molecular weight is 217 g/mol. The van der Waals surface area contributed by atoms with Gasteiger partial charge >= 0.3 is 0 Å². The molecule has 0 spiro atoms. The molecule has 0 saturated carbocycles. The maximum absolute atomic E-state index is 11.8. The van der Waals surface area contributed by atoms with Crippen LogP contribution in [0.25, 0.3) is 0 Å². The van der Waals surface area contributed by atoms with Gasteiger partial charge in [-0.1, -0.05) is 6.92 Å². The Hall–Kier alpha value is -1.89. The fourth-order valence-electron chi connectivity index (χ4n) is 1.36. The highest BCUT2D eigenvalue weighted by Gasteiger charge is 2.11. The molecule has 0 aliphatic heterocycles. The van der Waals surface area contributed by atoms with Crippen molar-refractivity contribution in [3.8, 4) is 6.07 Å². The van der Waals surface area contributed by atoms with Gasteiger partial charge in [0.25, 0.3) is 5.91 Å². The van der Waals surface area contributed by atoms with Crippen molar-refractivity contribution in [3.63, 3.8) is 0 Å². The third-order valence-electron chi connectivity index (χ3n) is 2.32. The normalized spacial score (nSPS) is 11.6. The van der Waals surface area contributed by atoms with Gasteiger partial charge in [0.15, 0.2) is 0 Å². The molecule has 0 bridgehead atoms. The smallest absolute Gasteiger partial charge is 0.251 e. The van der Waals surface area contributed by atoms with Crippen LogP contribution in [0.4, 0.5) is 0 Å². The monoisotopic (exact) mass is 217 g/mol. The van der Waals surface area contributed by atoms with Crippen LogP contribution in [0.15, 0.2) is 18.3 Å². The molecule has 1 rings (SSSR count). The lowest BCUT2D eigenvalue weighted by molar-refractivity contribution is 0.0936. The maximum atomic E-state index is 11.8. The summed E-state index contributed by atoms with van der Waals surface area (Å²) >= 11 is 0. The topological polar surface area (TPSA) is 65.8 Å². The number of hydrogen-bond acceptors (Lipinski definition) is 3. The Balaban J connectivity index is 2.68. The van der Waals surface area contributed by atoms with Gasteiger partial charge < -0.3 is 5.32 Å². The summed E-state index contributed by atoms with van der Waals surface area (Å²) < 4.78 is 0. The first-order valence-corrected chi connectivity index (χ1v) is 5.27. The summed E-state index contributed by atoms with van der Waals surface area (Å²) in [6, 6.07) is 5.38. The molecule has 1 amide bonds. The van der Waals surface area contributed by atoms with Crippen LogP contribution in [0.1, 0.15) is 35.8 Å². The molecule has 0 aliphatic carbocycles. The molecule has 0 fully saturated rings. The first kappa shape index (κ1) is 12.2. The second-order valence-electron chi connectivity index (χ2n) is 3.63. The summed E-state index contributed by atoms with van der Waals surface area (Å²) in [5.41, 5.74) is 1.39. The molecule has 0 aliphatic rings. The van der Waals surface area contributed by atoms with E-state index in [1.165, 1.54) is 0 Å². The van der Waals surface area contributed by atoms with E-state index in [2.05, 4.69) is 16.4 Å². The zero-order valence-electron chi connectivity index (χ0n) is 9.53. The predicted molar refractivity (Wildman–Crippen MR) is 60.7 cm³/mol. The number of hydrogen-bond donors (Lipinski definition) is 1. The fraction of sp³-hybridized carbons (Fsp3) is 0.417. The quantitative estimate of drug-likeness (QED) is 0.836. The molecule has 4 nitrogen and oxygen atoms in total. The van der Waals surface area contributed by atoms with Gasteiger partial charge in [0, 0.05) is 23.5 Å². The van der Waals surface area contributed by atoms with Crippen molar-refractivity contribution < 1.29 is 4.79 Å². The number of nitriles is 1. The lowest BCUT2D eigenvalue weighted by Crippen LogP contribution is -2.34. The van der Waals surface area contributed by atoms with E-state index in [1.807, 2.05) is 13.8 Å². The molecule has 0 radical (unpaired) electrons. The molecule has 16 heavy (non-hydrogen) atoms. The van der Waals surface area contributed by atoms with Crippen LogP contribution in [0, 0.1) is 18.3 Å². The van der Waals surface area contributed by atoms with Crippen molar-refractivity contribution in [3.05, 3.63) is 29.6 Å². The van der Waals surface area contributed by atoms with Gasteiger partial charge in [-0.05, 0) is 25.5 Å². The number of pyridine rings is 1. The van der Waals surface area contributed by atoms with Crippen molar-refractivity contribution in [1.29, 1.82) is 5.26 Å². The number of carbonyl (C=O) groups excluding carboxylic acids is 1. The minimum absolute atomic E-state index is 0.0778. The molecule has 0 saturated heterocycles. The average Bonchev–Trinajstić information content (AvgIpc) is 2.28. The van der Waals surface area contributed by atoms with Gasteiger partial charge in [-0.3, -0.25) is 9.78 Å². The SMILES string of the molecule is CCC(CC#N)NC(=O)c1ccnc(C)c1. The number of nitrogens with one attached hydrogen (secondary N) is 1. The molecule has 1 heterocycles. The van der Waals surface area contributed by atoms with Gasteiger partial charge in [-0.15, -0.1) is 0 Å². The van der Waals surface area contributed by atoms with E-state index in [0.29, 0.717) is 12.0 Å². The molecular formula is C12H15N3O. The van der Waals surface area contributed by atoms with Gasteiger partial charge in [0.05, 0.1) is 12.5 Å². The van der Waals surface area contributed by atoms with Crippen LogP contribution in [-0.4, -0.2) is 16.9 Å². The lowest BCUT2D eigenvalue weighted by Gasteiger charge is -2.13. The van der Waals surface area contributed by atoms with Crippen molar-refractivity contribution in [1.82, 2.24) is 10.3 Å². The molecule has 1 N–H and O–H groups in total. The van der Waals surface area contributed by atoms with Gasteiger partial charge in [0.2, 0.25) is 0 Å². The van der Waals surface area contributed by atoms with Gasteiger partial charge in [-0.25, -0.2) is 0 Å². The Morgan fingerprint density at radius 2 is 2.44 bits per heavy atom.